The lowest BCUT2D eigenvalue weighted by atomic mass is 10.0. The van der Waals surface area contributed by atoms with Crippen LogP contribution in [0.4, 0.5) is 0 Å². The fourth-order valence-corrected chi connectivity index (χ4v) is 2.50. The number of pyridine rings is 1. The third-order valence-electron chi connectivity index (χ3n) is 2.57. The normalized spacial score (nSPS) is 12.4. The van der Waals surface area contributed by atoms with Crippen molar-refractivity contribution >= 4 is 27.5 Å². The van der Waals surface area contributed by atoms with E-state index in [0.29, 0.717) is 5.02 Å². The molecule has 0 aliphatic carbocycles. The number of halogens is 2. The molecular weight excluding hydrogens is 300 g/mol. The molecule has 0 fully saturated rings. The van der Waals surface area contributed by atoms with Crippen molar-refractivity contribution in [3.63, 3.8) is 0 Å². The maximum Gasteiger partial charge on any atom is 0.0465 e. The second-order valence-corrected chi connectivity index (χ2v) is 5.15. The van der Waals surface area contributed by atoms with Gasteiger partial charge in [-0.25, -0.2) is 0 Å². The number of hydrogen-bond donors (Lipinski definition) is 1. The van der Waals surface area contributed by atoms with Crippen molar-refractivity contribution < 1.29 is 0 Å². The predicted octanol–water partition coefficient (Wildman–Crippen LogP) is 3.74. The lowest BCUT2D eigenvalue weighted by Crippen LogP contribution is -2.13. The van der Waals surface area contributed by atoms with E-state index in [1.54, 1.807) is 12.4 Å². The molecule has 1 unspecified atom stereocenters. The Labute approximate surface area is 114 Å². The first-order valence-electron chi connectivity index (χ1n) is 5.26. The highest BCUT2D eigenvalue weighted by atomic mass is 79.9. The zero-order valence-corrected chi connectivity index (χ0v) is 11.4. The first-order chi connectivity index (χ1) is 8.16. The van der Waals surface area contributed by atoms with Gasteiger partial charge in [-0.1, -0.05) is 33.6 Å². The Bertz CT molecular complexity index is 502. The zero-order valence-electron chi connectivity index (χ0n) is 9.11. The van der Waals surface area contributed by atoms with Crippen LogP contribution in [0.2, 0.25) is 5.02 Å². The van der Waals surface area contributed by atoms with Crippen LogP contribution < -0.4 is 5.73 Å². The van der Waals surface area contributed by atoms with E-state index in [9.17, 15) is 0 Å². The van der Waals surface area contributed by atoms with Crippen LogP contribution in [0.1, 0.15) is 17.2 Å². The van der Waals surface area contributed by atoms with Gasteiger partial charge in [0.1, 0.15) is 0 Å². The summed E-state index contributed by atoms with van der Waals surface area (Å²) >= 11 is 9.55. The molecule has 2 aromatic rings. The largest absolute Gasteiger partial charge is 0.324 e. The minimum Gasteiger partial charge on any atom is -0.324 e. The van der Waals surface area contributed by atoms with Crippen LogP contribution in [0.15, 0.2) is 47.2 Å². The average molecular weight is 312 g/mol. The molecule has 1 atom stereocenters. The molecule has 0 saturated carbocycles. The summed E-state index contributed by atoms with van der Waals surface area (Å²) < 4.78 is 0.961. The molecule has 1 aromatic carbocycles. The Morgan fingerprint density at radius 3 is 2.59 bits per heavy atom. The number of aromatic nitrogens is 1. The van der Waals surface area contributed by atoms with Gasteiger partial charge in [-0.2, -0.15) is 0 Å². The molecule has 1 aromatic heterocycles. The van der Waals surface area contributed by atoms with Crippen LogP contribution in [-0.2, 0) is 6.42 Å². The Balaban J connectivity index is 2.17. The summed E-state index contributed by atoms with van der Waals surface area (Å²) in [5, 5.41) is 0.695. The minimum atomic E-state index is -0.0991. The second kappa shape index (κ2) is 5.63. The summed E-state index contributed by atoms with van der Waals surface area (Å²) in [4.78, 5) is 3.98. The number of rotatable bonds is 3. The highest BCUT2D eigenvalue weighted by molar-refractivity contribution is 9.10. The van der Waals surface area contributed by atoms with Gasteiger partial charge in [-0.05, 0) is 41.8 Å². The third kappa shape index (κ3) is 3.28. The summed E-state index contributed by atoms with van der Waals surface area (Å²) in [5.41, 5.74) is 8.28. The van der Waals surface area contributed by atoms with Crippen LogP contribution in [-0.4, -0.2) is 4.98 Å². The van der Waals surface area contributed by atoms with Crippen LogP contribution in [0, 0.1) is 0 Å². The Hall–Kier alpha value is -0.900. The number of hydrogen-bond acceptors (Lipinski definition) is 2. The quantitative estimate of drug-likeness (QED) is 0.938. The molecule has 0 radical (unpaired) electrons. The molecule has 0 amide bonds. The molecule has 0 aliphatic rings. The third-order valence-corrected chi connectivity index (χ3v) is 3.39. The van der Waals surface area contributed by atoms with Crippen molar-refractivity contribution in [2.45, 2.75) is 12.5 Å². The van der Waals surface area contributed by atoms with Crippen LogP contribution >= 0.6 is 27.5 Å². The van der Waals surface area contributed by atoms with Crippen molar-refractivity contribution in [1.29, 1.82) is 0 Å². The van der Waals surface area contributed by atoms with Gasteiger partial charge in [0.15, 0.2) is 0 Å². The maximum atomic E-state index is 6.17. The SMILES string of the molecule is NC(Cc1ccncc1)c1ccc(Br)cc1Cl. The molecule has 2 N–H and O–H groups in total. The monoisotopic (exact) mass is 310 g/mol. The van der Waals surface area contributed by atoms with Gasteiger partial charge in [0.25, 0.3) is 0 Å². The molecule has 1 heterocycles. The Morgan fingerprint density at radius 1 is 1.24 bits per heavy atom. The lowest BCUT2D eigenvalue weighted by molar-refractivity contribution is 0.721. The van der Waals surface area contributed by atoms with E-state index >= 15 is 0 Å². The Kier molecular flexibility index (Phi) is 4.15. The standard InChI is InChI=1S/C13H12BrClN2/c14-10-1-2-11(12(15)8-10)13(16)7-9-3-5-17-6-4-9/h1-6,8,13H,7,16H2. The van der Waals surface area contributed by atoms with E-state index in [1.165, 1.54) is 0 Å². The molecule has 0 aliphatic heterocycles. The van der Waals surface area contributed by atoms with Crippen molar-refractivity contribution in [3.8, 4) is 0 Å². The van der Waals surface area contributed by atoms with Crippen LogP contribution in [0.3, 0.4) is 0 Å². The van der Waals surface area contributed by atoms with Gasteiger partial charge in [-0.3, -0.25) is 4.98 Å². The minimum absolute atomic E-state index is 0.0991. The average Bonchev–Trinajstić information content (AvgIpc) is 2.30. The molecular formula is C13H12BrClN2. The lowest BCUT2D eigenvalue weighted by Gasteiger charge is -2.14. The van der Waals surface area contributed by atoms with Crippen molar-refractivity contribution in [1.82, 2.24) is 4.98 Å². The Morgan fingerprint density at radius 2 is 1.94 bits per heavy atom. The van der Waals surface area contributed by atoms with E-state index in [-0.39, 0.29) is 6.04 Å². The topological polar surface area (TPSA) is 38.9 Å². The summed E-state index contributed by atoms with van der Waals surface area (Å²) in [6.45, 7) is 0. The second-order valence-electron chi connectivity index (χ2n) is 3.83. The summed E-state index contributed by atoms with van der Waals surface area (Å²) in [5.74, 6) is 0. The maximum absolute atomic E-state index is 6.17. The first kappa shape index (κ1) is 12.6. The van der Waals surface area contributed by atoms with Gasteiger partial charge in [0.05, 0.1) is 0 Å². The smallest absolute Gasteiger partial charge is 0.0465 e. The predicted molar refractivity (Wildman–Crippen MR) is 74.0 cm³/mol. The van der Waals surface area contributed by atoms with Gasteiger partial charge in [-0.15, -0.1) is 0 Å². The highest BCUT2D eigenvalue weighted by Crippen LogP contribution is 2.27. The van der Waals surface area contributed by atoms with Crippen LogP contribution in [0.25, 0.3) is 0 Å². The van der Waals surface area contributed by atoms with Crippen molar-refractivity contribution in [2.24, 2.45) is 5.73 Å². The summed E-state index contributed by atoms with van der Waals surface area (Å²) in [6.07, 6.45) is 4.29. The van der Waals surface area contributed by atoms with Crippen molar-refractivity contribution in [3.05, 3.63) is 63.3 Å². The number of nitrogens with zero attached hydrogens (tertiary/aromatic N) is 1. The fraction of sp³-hybridized carbons (Fsp3) is 0.154. The highest BCUT2D eigenvalue weighted by Gasteiger charge is 2.11. The van der Waals surface area contributed by atoms with Gasteiger partial charge in [0.2, 0.25) is 0 Å². The number of benzene rings is 1. The van der Waals surface area contributed by atoms with E-state index in [4.69, 9.17) is 17.3 Å². The van der Waals surface area contributed by atoms with Gasteiger partial charge in [0, 0.05) is 27.9 Å². The summed E-state index contributed by atoms with van der Waals surface area (Å²) in [6, 6.07) is 9.60. The molecule has 17 heavy (non-hydrogen) atoms. The van der Waals surface area contributed by atoms with E-state index < -0.39 is 0 Å². The van der Waals surface area contributed by atoms with E-state index in [1.807, 2.05) is 30.3 Å². The molecule has 0 bridgehead atoms. The van der Waals surface area contributed by atoms with Crippen molar-refractivity contribution in [2.75, 3.05) is 0 Å². The molecule has 4 heteroatoms. The molecule has 2 nitrogen and oxygen atoms in total. The molecule has 0 spiro atoms. The van der Waals surface area contributed by atoms with E-state index in [0.717, 1.165) is 22.0 Å². The number of nitrogens with two attached hydrogens (primary N) is 1. The molecule has 2 rings (SSSR count). The van der Waals surface area contributed by atoms with Gasteiger partial charge >= 0.3 is 0 Å². The molecule has 0 saturated heterocycles. The first-order valence-corrected chi connectivity index (χ1v) is 6.43. The van der Waals surface area contributed by atoms with Gasteiger partial charge < -0.3 is 5.73 Å². The molecule has 88 valence electrons. The summed E-state index contributed by atoms with van der Waals surface area (Å²) in [7, 11) is 0. The van der Waals surface area contributed by atoms with E-state index in [2.05, 4.69) is 20.9 Å². The zero-order chi connectivity index (χ0) is 12.3. The fourth-order valence-electron chi connectivity index (χ4n) is 1.68. The van der Waals surface area contributed by atoms with Crippen LogP contribution in [0.5, 0.6) is 0 Å².